The van der Waals surface area contributed by atoms with Crippen molar-refractivity contribution in [3.05, 3.63) is 12.4 Å². The lowest BCUT2D eigenvalue weighted by atomic mass is 9.99. The van der Waals surface area contributed by atoms with Gasteiger partial charge in [0.25, 0.3) is 0 Å². The summed E-state index contributed by atoms with van der Waals surface area (Å²) in [6.45, 7) is 3.45. The van der Waals surface area contributed by atoms with E-state index in [2.05, 4.69) is 15.3 Å². The van der Waals surface area contributed by atoms with Gasteiger partial charge in [-0.25, -0.2) is 14.8 Å². The molecule has 16 heavy (non-hydrogen) atoms. The van der Waals surface area contributed by atoms with Crippen LogP contribution in [0, 0.1) is 0 Å². The van der Waals surface area contributed by atoms with Crippen molar-refractivity contribution < 1.29 is 9.90 Å². The van der Waals surface area contributed by atoms with Gasteiger partial charge in [-0.05, 0) is 19.6 Å². The van der Waals surface area contributed by atoms with E-state index in [1.165, 1.54) is 18.1 Å². The van der Waals surface area contributed by atoms with E-state index >= 15 is 0 Å². The Hall–Kier alpha value is -1.30. The van der Waals surface area contributed by atoms with Crippen LogP contribution in [0.15, 0.2) is 17.4 Å². The Bertz CT molecular complexity index is 386. The molecule has 2 N–H and O–H groups in total. The smallest absolute Gasteiger partial charge is 0.329 e. The van der Waals surface area contributed by atoms with Gasteiger partial charge >= 0.3 is 5.97 Å². The maximum absolute atomic E-state index is 11.1. The van der Waals surface area contributed by atoms with Gasteiger partial charge in [0, 0.05) is 6.07 Å². The summed E-state index contributed by atoms with van der Waals surface area (Å²) >= 11 is 1.49. The first-order valence-corrected chi connectivity index (χ1v) is 6.12. The van der Waals surface area contributed by atoms with Gasteiger partial charge in [0.05, 0.1) is 0 Å². The van der Waals surface area contributed by atoms with Crippen molar-refractivity contribution in [2.24, 2.45) is 0 Å². The predicted molar refractivity (Wildman–Crippen MR) is 63.8 cm³/mol. The van der Waals surface area contributed by atoms with E-state index in [-0.39, 0.29) is 0 Å². The molecule has 0 aliphatic heterocycles. The first-order chi connectivity index (χ1) is 7.51. The summed E-state index contributed by atoms with van der Waals surface area (Å²) in [5.74, 6) is -0.356. The van der Waals surface area contributed by atoms with Crippen molar-refractivity contribution in [2.45, 2.75) is 30.8 Å². The zero-order valence-electron chi connectivity index (χ0n) is 9.52. The molecule has 1 aromatic rings. The lowest BCUT2D eigenvalue weighted by molar-refractivity contribution is -0.141. The number of carboxylic acid groups (broad SMARTS) is 1. The Morgan fingerprint density at radius 1 is 1.62 bits per heavy atom. The Labute approximate surface area is 98.7 Å². The number of thioether (sulfide) groups is 1. The summed E-state index contributed by atoms with van der Waals surface area (Å²) in [4.78, 5) is 19.1. The Morgan fingerprint density at radius 3 is 2.81 bits per heavy atom. The van der Waals surface area contributed by atoms with E-state index < -0.39 is 11.5 Å². The minimum absolute atomic E-state index is 0.473. The third kappa shape index (κ3) is 2.85. The molecule has 1 unspecified atom stereocenters. The van der Waals surface area contributed by atoms with E-state index in [4.69, 9.17) is 5.11 Å². The number of nitrogens with zero attached hydrogens (tertiary/aromatic N) is 2. The number of nitrogens with one attached hydrogen (secondary N) is 1. The molecule has 0 radical (unpaired) electrons. The molecule has 0 bridgehead atoms. The lowest BCUT2D eigenvalue weighted by Crippen LogP contribution is -2.42. The number of hydrogen-bond acceptors (Lipinski definition) is 5. The van der Waals surface area contributed by atoms with Crippen molar-refractivity contribution in [2.75, 3.05) is 11.6 Å². The highest BCUT2D eigenvalue weighted by atomic mass is 32.2. The van der Waals surface area contributed by atoms with Crippen molar-refractivity contribution >= 4 is 23.5 Å². The van der Waals surface area contributed by atoms with E-state index in [0.717, 1.165) is 5.03 Å². The van der Waals surface area contributed by atoms with Gasteiger partial charge < -0.3 is 10.4 Å². The fourth-order valence-electron chi connectivity index (χ4n) is 1.10. The van der Waals surface area contributed by atoms with Crippen LogP contribution in [0.25, 0.3) is 0 Å². The second-order valence-electron chi connectivity index (χ2n) is 3.56. The van der Waals surface area contributed by atoms with Crippen LogP contribution < -0.4 is 5.32 Å². The van der Waals surface area contributed by atoms with Gasteiger partial charge in [0.2, 0.25) is 0 Å². The van der Waals surface area contributed by atoms with Crippen LogP contribution in [0.4, 0.5) is 5.82 Å². The molecule has 0 aromatic carbocycles. The van der Waals surface area contributed by atoms with Crippen molar-refractivity contribution in [1.29, 1.82) is 0 Å². The van der Waals surface area contributed by atoms with Crippen molar-refractivity contribution in [1.82, 2.24) is 9.97 Å². The monoisotopic (exact) mass is 241 g/mol. The summed E-state index contributed by atoms with van der Waals surface area (Å²) in [6, 6.07) is 1.74. The molecule has 6 heteroatoms. The average molecular weight is 241 g/mol. The molecule has 0 aliphatic carbocycles. The molecule has 0 spiro atoms. The minimum atomic E-state index is -0.996. The van der Waals surface area contributed by atoms with Crippen LogP contribution in [0.3, 0.4) is 0 Å². The number of aromatic nitrogens is 2. The molecule has 0 aliphatic rings. The predicted octanol–water partition coefficient (Wildman–Crippen LogP) is 1.86. The number of anilines is 1. The van der Waals surface area contributed by atoms with E-state index in [1.807, 2.05) is 13.2 Å². The second-order valence-corrected chi connectivity index (χ2v) is 4.39. The maximum Gasteiger partial charge on any atom is 0.329 e. The third-order valence-corrected chi connectivity index (χ3v) is 3.08. The summed E-state index contributed by atoms with van der Waals surface area (Å²) in [5.41, 5.74) is -0.996. The molecule has 5 nitrogen and oxygen atoms in total. The highest BCUT2D eigenvalue weighted by molar-refractivity contribution is 7.98. The largest absolute Gasteiger partial charge is 0.480 e. The quantitative estimate of drug-likeness (QED) is 0.605. The van der Waals surface area contributed by atoms with Gasteiger partial charge in [0.1, 0.15) is 22.7 Å². The SMILES string of the molecule is CCC(C)(Nc1cc(SC)ncn1)C(=O)O. The zero-order valence-corrected chi connectivity index (χ0v) is 10.3. The van der Waals surface area contributed by atoms with Crippen LogP contribution >= 0.6 is 11.8 Å². The maximum atomic E-state index is 11.1. The standard InChI is InChI=1S/C10H15N3O2S/c1-4-10(2,9(14)15)13-7-5-8(16-3)12-6-11-7/h5-6H,4H2,1-3H3,(H,14,15)(H,11,12,13). The zero-order chi connectivity index (χ0) is 12.2. The molecule has 1 rings (SSSR count). The molecular weight excluding hydrogens is 226 g/mol. The van der Waals surface area contributed by atoms with Gasteiger partial charge in [0.15, 0.2) is 0 Å². The van der Waals surface area contributed by atoms with Crippen LogP contribution in [-0.2, 0) is 4.79 Å². The Kier molecular flexibility index (Phi) is 4.12. The Morgan fingerprint density at radius 2 is 2.31 bits per heavy atom. The van der Waals surface area contributed by atoms with E-state index in [1.54, 1.807) is 13.0 Å². The van der Waals surface area contributed by atoms with Gasteiger partial charge in [-0.15, -0.1) is 11.8 Å². The number of hydrogen-bond donors (Lipinski definition) is 2. The number of carboxylic acids is 1. The van der Waals surface area contributed by atoms with E-state index in [9.17, 15) is 4.79 Å². The van der Waals surface area contributed by atoms with Crippen molar-refractivity contribution in [3.63, 3.8) is 0 Å². The van der Waals surface area contributed by atoms with Crippen LogP contribution in [-0.4, -0.2) is 32.8 Å². The summed E-state index contributed by atoms with van der Waals surface area (Å²) in [6.07, 6.45) is 3.80. The highest BCUT2D eigenvalue weighted by Gasteiger charge is 2.31. The molecule has 0 fully saturated rings. The topological polar surface area (TPSA) is 75.1 Å². The molecule has 88 valence electrons. The Balaban J connectivity index is 2.90. The summed E-state index contributed by atoms with van der Waals surface area (Å²) in [7, 11) is 0. The van der Waals surface area contributed by atoms with Crippen LogP contribution in [0.2, 0.25) is 0 Å². The number of carbonyl (C=O) groups is 1. The third-order valence-electron chi connectivity index (χ3n) is 2.43. The fourth-order valence-corrected chi connectivity index (χ4v) is 1.48. The second kappa shape index (κ2) is 5.16. The molecule has 1 aromatic heterocycles. The van der Waals surface area contributed by atoms with Crippen LogP contribution in [0.1, 0.15) is 20.3 Å². The first-order valence-electron chi connectivity index (χ1n) is 4.89. The number of rotatable bonds is 5. The van der Waals surface area contributed by atoms with Gasteiger partial charge in [-0.1, -0.05) is 6.92 Å². The average Bonchev–Trinajstić information content (AvgIpc) is 2.29. The highest BCUT2D eigenvalue weighted by Crippen LogP contribution is 2.19. The molecule has 0 saturated heterocycles. The normalized spacial score (nSPS) is 14.2. The summed E-state index contributed by atoms with van der Waals surface area (Å²) in [5, 5.41) is 12.8. The lowest BCUT2D eigenvalue weighted by Gasteiger charge is -2.25. The molecule has 1 atom stereocenters. The molecule has 0 amide bonds. The molecule has 1 heterocycles. The molecular formula is C10H15N3O2S. The van der Waals surface area contributed by atoms with Gasteiger partial charge in [-0.3, -0.25) is 0 Å². The van der Waals surface area contributed by atoms with E-state index in [0.29, 0.717) is 12.2 Å². The van der Waals surface area contributed by atoms with Crippen LogP contribution in [0.5, 0.6) is 0 Å². The first kappa shape index (κ1) is 12.8. The number of aliphatic carboxylic acids is 1. The summed E-state index contributed by atoms with van der Waals surface area (Å²) < 4.78 is 0. The minimum Gasteiger partial charge on any atom is -0.480 e. The fraction of sp³-hybridized carbons (Fsp3) is 0.500. The molecule has 0 saturated carbocycles. The van der Waals surface area contributed by atoms with Crippen molar-refractivity contribution in [3.8, 4) is 0 Å². The van der Waals surface area contributed by atoms with Gasteiger partial charge in [-0.2, -0.15) is 0 Å².